The molecule has 0 bridgehead atoms. The molecule has 0 aromatic heterocycles. The minimum Gasteiger partial charge on any atom is -0.495 e. The van der Waals surface area contributed by atoms with Gasteiger partial charge in [0.1, 0.15) is 5.75 Å². The van der Waals surface area contributed by atoms with Crippen molar-refractivity contribution in [1.82, 2.24) is 9.21 Å². The third-order valence-corrected chi connectivity index (χ3v) is 8.14. The molecule has 8 heteroatoms. The fraction of sp³-hybridized carbons (Fsp3) is 0.682. The van der Waals surface area contributed by atoms with Crippen molar-refractivity contribution in [2.75, 3.05) is 38.6 Å². The van der Waals surface area contributed by atoms with Crippen LogP contribution in [0, 0.1) is 5.92 Å². The van der Waals surface area contributed by atoms with Crippen molar-refractivity contribution in [2.24, 2.45) is 5.92 Å². The first kappa shape index (κ1) is 21.6. The number of carbonyl (C=O) groups is 1. The summed E-state index contributed by atoms with van der Waals surface area (Å²) in [6, 6.07) is 5.26. The Labute approximate surface area is 179 Å². The molecule has 0 spiro atoms. The van der Waals surface area contributed by atoms with Crippen LogP contribution in [-0.2, 0) is 14.8 Å². The zero-order valence-corrected chi connectivity index (χ0v) is 18.6. The molecule has 0 radical (unpaired) electrons. The monoisotopic (exact) mass is 435 g/mol. The molecule has 3 aliphatic rings. The Morgan fingerprint density at radius 3 is 2.43 bits per heavy atom. The van der Waals surface area contributed by atoms with Crippen LogP contribution in [0.4, 0.5) is 5.69 Å². The van der Waals surface area contributed by atoms with Gasteiger partial charge in [-0.3, -0.25) is 9.69 Å². The van der Waals surface area contributed by atoms with Crippen molar-refractivity contribution in [2.45, 2.75) is 62.3 Å². The van der Waals surface area contributed by atoms with Crippen molar-refractivity contribution < 1.29 is 17.9 Å². The lowest BCUT2D eigenvalue weighted by Gasteiger charge is -2.22. The first-order valence-electron chi connectivity index (χ1n) is 11.2. The second kappa shape index (κ2) is 9.24. The molecule has 30 heavy (non-hydrogen) atoms. The van der Waals surface area contributed by atoms with Gasteiger partial charge in [0.2, 0.25) is 15.9 Å². The van der Waals surface area contributed by atoms with Crippen molar-refractivity contribution in [3.05, 3.63) is 18.2 Å². The van der Waals surface area contributed by atoms with Crippen LogP contribution in [-0.4, -0.2) is 62.9 Å². The molecule has 1 aromatic rings. The summed E-state index contributed by atoms with van der Waals surface area (Å²) in [4.78, 5) is 15.2. The Morgan fingerprint density at radius 1 is 1.13 bits per heavy atom. The van der Waals surface area contributed by atoms with E-state index in [1.165, 1.54) is 20.0 Å². The smallest absolute Gasteiger partial charge is 0.243 e. The fourth-order valence-electron chi connectivity index (χ4n) is 4.16. The number of amides is 1. The van der Waals surface area contributed by atoms with E-state index in [1.807, 2.05) is 0 Å². The van der Waals surface area contributed by atoms with Gasteiger partial charge in [0.15, 0.2) is 0 Å². The largest absolute Gasteiger partial charge is 0.495 e. The summed E-state index contributed by atoms with van der Waals surface area (Å²) in [7, 11) is -2.06. The standard InChI is InChI=1S/C22H33N3O4S/c1-29-21-11-10-19(30(27,28)25-12-4-2-3-5-13-25)14-20(21)23-22(26)16-24(18-8-9-18)15-17-6-7-17/h10-11,14,17-18H,2-9,12-13,15-16H2,1H3,(H,23,26). The van der Waals surface area contributed by atoms with Crippen LogP contribution in [0.3, 0.4) is 0 Å². The maximum absolute atomic E-state index is 13.1. The molecule has 3 fully saturated rings. The topological polar surface area (TPSA) is 79.0 Å². The van der Waals surface area contributed by atoms with Gasteiger partial charge >= 0.3 is 0 Å². The summed E-state index contributed by atoms with van der Waals surface area (Å²) in [6.07, 6.45) is 8.74. The van der Waals surface area contributed by atoms with E-state index in [0.717, 1.165) is 51.0 Å². The zero-order chi connectivity index (χ0) is 21.1. The van der Waals surface area contributed by atoms with Crippen molar-refractivity contribution in [3.8, 4) is 5.75 Å². The Balaban J connectivity index is 1.48. The van der Waals surface area contributed by atoms with Gasteiger partial charge in [-0.1, -0.05) is 12.8 Å². The van der Waals surface area contributed by atoms with Crippen LogP contribution in [0.15, 0.2) is 23.1 Å². The summed E-state index contributed by atoms with van der Waals surface area (Å²) in [5.74, 6) is 1.08. The number of nitrogens with zero attached hydrogens (tertiary/aromatic N) is 2. The minimum atomic E-state index is -3.59. The van der Waals surface area contributed by atoms with Gasteiger partial charge in [0, 0.05) is 25.7 Å². The Bertz CT molecular complexity index is 857. The summed E-state index contributed by atoms with van der Waals surface area (Å²) < 4.78 is 33.2. The van der Waals surface area contributed by atoms with Gasteiger partial charge < -0.3 is 10.1 Å². The number of benzene rings is 1. The second-order valence-corrected chi connectivity index (χ2v) is 10.8. The molecule has 1 saturated heterocycles. The molecule has 1 aromatic carbocycles. The van der Waals surface area contributed by atoms with E-state index in [9.17, 15) is 13.2 Å². The lowest BCUT2D eigenvalue weighted by atomic mass is 10.2. The van der Waals surface area contributed by atoms with Crippen molar-refractivity contribution in [3.63, 3.8) is 0 Å². The molecule has 1 aliphatic heterocycles. The molecular weight excluding hydrogens is 402 g/mol. The number of rotatable bonds is 9. The highest BCUT2D eigenvalue weighted by Crippen LogP contribution is 2.35. The molecule has 2 saturated carbocycles. The zero-order valence-electron chi connectivity index (χ0n) is 17.8. The average molecular weight is 436 g/mol. The number of hydrogen-bond donors (Lipinski definition) is 1. The second-order valence-electron chi connectivity index (χ2n) is 8.83. The predicted octanol–water partition coefficient (Wildman–Crippen LogP) is 3.07. The van der Waals surface area contributed by atoms with Gasteiger partial charge in [-0.25, -0.2) is 8.42 Å². The quantitative estimate of drug-likeness (QED) is 0.645. The van der Waals surface area contributed by atoms with Gasteiger partial charge in [-0.2, -0.15) is 4.31 Å². The normalized spacial score (nSPS) is 20.7. The summed E-state index contributed by atoms with van der Waals surface area (Å²) in [5, 5.41) is 2.91. The third-order valence-electron chi connectivity index (χ3n) is 6.25. The van der Waals surface area contributed by atoms with E-state index < -0.39 is 10.0 Å². The van der Waals surface area contributed by atoms with E-state index >= 15 is 0 Å². The third kappa shape index (κ3) is 5.34. The van der Waals surface area contributed by atoms with Crippen LogP contribution < -0.4 is 10.1 Å². The molecule has 0 atom stereocenters. The SMILES string of the molecule is COc1ccc(S(=O)(=O)N2CCCCCC2)cc1NC(=O)CN(CC1CC1)C1CC1. The van der Waals surface area contributed by atoms with Crippen molar-refractivity contribution >= 4 is 21.6 Å². The lowest BCUT2D eigenvalue weighted by Crippen LogP contribution is -2.36. The fourth-order valence-corrected chi connectivity index (χ4v) is 5.71. The lowest BCUT2D eigenvalue weighted by molar-refractivity contribution is -0.117. The maximum Gasteiger partial charge on any atom is 0.243 e. The van der Waals surface area contributed by atoms with Gasteiger partial charge in [-0.05, 0) is 62.6 Å². The molecule has 1 amide bonds. The number of carbonyl (C=O) groups excluding carboxylic acids is 1. The Morgan fingerprint density at radius 2 is 1.83 bits per heavy atom. The van der Waals surface area contributed by atoms with Gasteiger partial charge in [-0.15, -0.1) is 0 Å². The summed E-state index contributed by atoms with van der Waals surface area (Å²) in [6.45, 7) is 2.42. The number of sulfonamides is 1. The van der Waals surface area contributed by atoms with E-state index in [0.29, 0.717) is 37.1 Å². The first-order valence-corrected chi connectivity index (χ1v) is 12.6. The van der Waals surface area contributed by atoms with Crippen LogP contribution in [0.25, 0.3) is 0 Å². The van der Waals surface area contributed by atoms with Gasteiger partial charge in [0.05, 0.1) is 24.2 Å². The van der Waals surface area contributed by atoms with Crippen LogP contribution in [0.1, 0.15) is 51.4 Å². The summed E-state index contributed by atoms with van der Waals surface area (Å²) >= 11 is 0. The molecule has 2 aliphatic carbocycles. The molecular formula is C22H33N3O4S. The number of ether oxygens (including phenoxy) is 1. The number of nitrogens with one attached hydrogen (secondary N) is 1. The van der Waals surface area contributed by atoms with Crippen LogP contribution in [0.5, 0.6) is 5.75 Å². The molecule has 1 heterocycles. The van der Waals surface area contributed by atoms with Crippen LogP contribution in [0.2, 0.25) is 0 Å². The minimum absolute atomic E-state index is 0.120. The van der Waals surface area contributed by atoms with E-state index in [-0.39, 0.29) is 10.8 Å². The van der Waals surface area contributed by atoms with E-state index in [2.05, 4.69) is 10.2 Å². The molecule has 7 nitrogen and oxygen atoms in total. The number of hydrogen-bond acceptors (Lipinski definition) is 5. The van der Waals surface area contributed by atoms with Gasteiger partial charge in [0.25, 0.3) is 0 Å². The number of anilines is 1. The average Bonchev–Trinajstić information content (AvgIpc) is 3.60. The highest BCUT2D eigenvalue weighted by Gasteiger charge is 2.34. The van der Waals surface area contributed by atoms with Crippen LogP contribution >= 0.6 is 0 Å². The van der Waals surface area contributed by atoms with Crippen molar-refractivity contribution in [1.29, 1.82) is 0 Å². The molecule has 166 valence electrons. The van der Waals surface area contributed by atoms with E-state index in [1.54, 1.807) is 22.5 Å². The predicted molar refractivity (Wildman–Crippen MR) is 116 cm³/mol. The molecule has 4 rings (SSSR count). The first-order chi connectivity index (χ1) is 14.5. The molecule has 1 N–H and O–H groups in total. The van der Waals surface area contributed by atoms with E-state index in [4.69, 9.17) is 4.74 Å². The Hall–Kier alpha value is -1.64. The Kier molecular flexibility index (Phi) is 6.65. The summed E-state index contributed by atoms with van der Waals surface area (Å²) in [5.41, 5.74) is 0.417. The highest BCUT2D eigenvalue weighted by atomic mass is 32.2. The highest BCUT2D eigenvalue weighted by molar-refractivity contribution is 7.89. The molecule has 0 unspecified atom stereocenters. The number of methoxy groups -OCH3 is 1. The maximum atomic E-state index is 13.1.